The predicted molar refractivity (Wildman–Crippen MR) is 45.1 cm³/mol. The monoisotopic (exact) mass is 198 g/mol. The highest BCUT2D eigenvalue weighted by molar-refractivity contribution is 5.35. The van der Waals surface area contributed by atoms with E-state index in [1.807, 2.05) is 0 Å². The third-order valence-corrected chi connectivity index (χ3v) is 1.78. The first-order valence-electron chi connectivity index (χ1n) is 3.85. The molecule has 1 atom stereocenters. The van der Waals surface area contributed by atoms with Crippen LogP contribution in [0.25, 0.3) is 0 Å². The lowest BCUT2D eigenvalue weighted by molar-refractivity contribution is 0.262. The van der Waals surface area contributed by atoms with Crippen molar-refractivity contribution in [1.29, 1.82) is 5.26 Å². The second-order valence-corrected chi connectivity index (χ2v) is 2.75. The van der Waals surface area contributed by atoms with E-state index in [1.54, 1.807) is 6.07 Å². The minimum absolute atomic E-state index is 0.117. The van der Waals surface area contributed by atoms with Crippen molar-refractivity contribution < 1.29 is 13.9 Å². The van der Waals surface area contributed by atoms with Gasteiger partial charge in [-0.2, -0.15) is 5.26 Å². The Kier molecular flexibility index (Phi) is 3.12. The molecule has 0 heterocycles. The molecule has 3 N–H and O–H groups in total. The maximum absolute atomic E-state index is 13.2. The van der Waals surface area contributed by atoms with Crippen LogP contribution in [-0.2, 0) is 0 Å². The lowest BCUT2D eigenvalue weighted by atomic mass is 10.0. The highest BCUT2D eigenvalue weighted by Crippen LogP contribution is 2.20. The van der Waals surface area contributed by atoms with Crippen LogP contribution < -0.4 is 5.73 Å². The Morgan fingerprint density at radius 3 is 2.29 bits per heavy atom. The van der Waals surface area contributed by atoms with Gasteiger partial charge in [0.1, 0.15) is 11.6 Å². The third-order valence-electron chi connectivity index (χ3n) is 1.78. The van der Waals surface area contributed by atoms with Crippen molar-refractivity contribution in [2.24, 2.45) is 5.73 Å². The summed E-state index contributed by atoms with van der Waals surface area (Å²) in [6.45, 7) is -0.556. The standard InChI is InChI=1S/C9H8F2N2O/c10-6-1-5(3-12)2-7(11)9(6)8(13)4-14/h1-2,8,14H,4,13H2/t8-/m0/s1. The molecule has 3 nitrogen and oxygen atoms in total. The van der Waals surface area contributed by atoms with Crippen molar-refractivity contribution in [3.63, 3.8) is 0 Å². The Bertz CT molecular complexity index is 364. The SMILES string of the molecule is N#Cc1cc(F)c([C@@H](N)CO)c(F)c1. The average molecular weight is 198 g/mol. The lowest BCUT2D eigenvalue weighted by Gasteiger charge is -2.10. The van der Waals surface area contributed by atoms with E-state index >= 15 is 0 Å². The minimum Gasteiger partial charge on any atom is -0.394 e. The Balaban J connectivity index is 3.26. The number of hydrogen-bond donors (Lipinski definition) is 2. The molecule has 1 aromatic carbocycles. The van der Waals surface area contributed by atoms with Gasteiger partial charge in [0.15, 0.2) is 0 Å². The fourth-order valence-corrected chi connectivity index (χ4v) is 1.09. The summed E-state index contributed by atoms with van der Waals surface area (Å²) >= 11 is 0. The summed E-state index contributed by atoms with van der Waals surface area (Å²) in [6.07, 6.45) is 0. The molecule has 74 valence electrons. The molecule has 0 aliphatic rings. The number of rotatable bonds is 2. The Hall–Kier alpha value is -1.51. The van der Waals surface area contributed by atoms with Crippen LogP contribution in [0.4, 0.5) is 8.78 Å². The molecule has 0 unspecified atom stereocenters. The molecule has 0 spiro atoms. The molecule has 0 aromatic heterocycles. The van der Waals surface area contributed by atoms with E-state index in [2.05, 4.69) is 0 Å². The van der Waals surface area contributed by atoms with Gasteiger partial charge < -0.3 is 10.8 Å². The number of aliphatic hydroxyl groups is 1. The van der Waals surface area contributed by atoms with Crippen molar-refractivity contribution in [1.82, 2.24) is 0 Å². The van der Waals surface area contributed by atoms with Crippen molar-refractivity contribution in [3.05, 3.63) is 34.9 Å². The molecule has 0 bridgehead atoms. The minimum atomic E-state index is -1.11. The molecular formula is C9H8F2N2O. The summed E-state index contributed by atoms with van der Waals surface area (Å²) in [5.41, 5.74) is 4.76. The molecule has 0 aliphatic carbocycles. The predicted octanol–water partition coefficient (Wildman–Crippen LogP) is 0.829. The molecule has 0 fully saturated rings. The van der Waals surface area contributed by atoms with E-state index in [0.29, 0.717) is 0 Å². The fraction of sp³-hybridized carbons (Fsp3) is 0.222. The molecular weight excluding hydrogens is 190 g/mol. The number of hydrogen-bond acceptors (Lipinski definition) is 3. The largest absolute Gasteiger partial charge is 0.394 e. The zero-order valence-corrected chi connectivity index (χ0v) is 7.17. The number of nitrogens with two attached hydrogens (primary N) is 1. The van der Waals surface area contributed by atoms with Gasteiger partial charge in [0, 0.05) is 5.56 Å². The van der Waals surface area contributed by atoms with Crippen molar-refractivity contribution in [2.45, 2.75) is 6.04 Å². The van der Waals surface area contributed by atoms with Crippen LogP contribution in [0.5, 0.6) is 0 Å². The van der Waals surface area contributed by atoms with Gasteiger partial charge in [-0.05, 0) is 12.1 Å². The lowest BCUT2D eigenvalue weighted by Crippen LogP contribution is -2.18. The smallest absolute Gasteiger partial charge is 0.132 e. The summed E-state index contributed by atoms with van der Waals surface area (Å²) in [5.74, 6) is -1.83. The summed E-state index contributed by atoms with van der Waals surface area (Å²) < 4.78 is 26.3. The van der Waals surface area contributed by atoms with Crippen LogP contribution in [0.2, 0.25) is 0 Å². The zero-order chi connectivity index (χ0) is 10.7. The average Bonchev–Trinajstić information content (AvgIpc) is 2.16. The molecule has 1 aromatic rings. The van der Waals surface area contributed by atoms with E-state index in [1.165, 1.54) is 0 Å². The van der Waals surface area contributed by atoms with Crippen molar-refractivity contribution >= 4 is 0 Å². The summed E-state index contributed by atoms with van der Waals surface area (Å²) in [4.78, 5) is 0. The second kappa shape index (κ2) is 4.13. The van der Waals surface area contributed by atoms with Gasteiger partial charge in [-0.25, -0.2) is 8.78 Å². The maximum Gasteiger partial charge on any atom is 0.132 e. The third kappa shape index (κ3) is 1.87. The highest BCUT2D eigenvalue weighted by Gasteiger charge is 2.17. The van der Waals surface area contributed by atoms with Crippen LogP contribution in [0.1, 0.15) is 17.2 Å². The molecule has 5 heteroatoms. The van der Waals surface area contributed by atoms with Crippen molar-refractivity contribution in [2.75, 3.05) is 6.61 Å². The fourth-order valence-electron chi connectivity index (χ4n) is 1.09. The Morgan fingerprint density at radius 1 is 1.43 bits per heavy atom. The number of benzene rings is 1. The quantitative estimate of drug-likeness (QED) is 0.739. The Labute approximate surface area is 79.4 Å². The van der Waals surface area contributed by atoms with Crippen LogP contribution >= 0.6 is 0 Å². The van der Waals surface area contributed by atoms with Crippen LogP contribution in [-0.4, -0.2) is 11.7 Å². The van der Waals surface area contributed by atoms with Crippen LogP contribution in [0.15, 0.2) is 12.1 Å². The normalized spacial score (nSPS) is 12.2. The first-order chi connectivity index (χ1) is 6.60. The number of nitriles is 1. The highest BCUT2D eigenvalue weighted by atomic mass is 19.1. The van der Waals surface area contributed by atoms with Gasteiger partial charge in [-0.3, -0.25) is 0 Å². The molecule has 0 aliphatic heterocycles. The van der Waals surface area contributed by atoms with E-state index < -0.39 is 29.8 Å². The summed E-state index contributed by atoms with van der Waals surface area (Å²) in [6, 6.07) is 2.27. The topological polar surface area (TPSA) is 70.0 Å². The van der Waals surface area contributed by atoms with Gasteiger partial charge in [-0.15, -0.1) is 0 Å². The van der Waals surface area contributed by atoms with E-state index in [-0.39, 0.29) is 5.56 Å². The molecule has 0 amide bonds. The second-order valence-electron chi connectivity index (χ2n) is 2.75. The van der Waals surface area contributed by atoms with Crippen LogP contribution in [0, 0.1) is 23.0 Å². The van der Waals surface area contributed by atoms with E-state index in [0.717, 1.165) is 12.1 Å². The molecule has 0 saturated carbocycles. The zero-order valence-electron chi connectivity index (χ0n) is 7.17. The van der Waals surface area contributed by atoms with E-state index in [9.17, 15) is 8.78 Å². The van der Waals surface area contributed by atoms with Crippen LogP contribution in [0.3, 0.4) is 0 Å². The number of aliphatic hydroxyl groups excluding tert-OH is 1. The number of halogens is 2. The first kappa shape index (κ1) is 10.6. The van der Waals surface area contributed by atoms with Gasteiger partial charge in [0.2, 0.25) is 0 Å². The molecule has 0 saturated heterocycles. The van der Waals surface area contributed by atoms with Gasteiger partial charge in [0.05, 0.1) is 24.3 Å². The molecule has 1 rings (SSSR count). The number of nitrogens with zero attached hydrogens (tertiary/aromatic N) is 1. The van der Waals surface area contributed by atoms with E-state index in [4.69, 9.17) is 16.1 Å². The van der Waals surface area contributed by atoms with Gasteiger partial charge in [0.25, 0.3) is 0 Å². The molecule has 0 radical (unpaired) electrons. The van der Waals surface area contributed by atoms with Gasteiger partial charge >= 0.3 is 0 Å². The maximum atomic E-state index is 13.2. The Morgan fingerprint density at radius 2 is 1.93 bits per heavy atom. The first-order valence-corrected chi connectivity index (χ1v) is 3.85. The summed E-state index contributed by atoms with van der Waals surface area (Å²) in [7, 11) is 0. The molecule has 14 heavy (non-hydrogen) atoms. The van der Waals surface area contributed by atoms with Crippen molar-refractivity contribution in [3.8, 4) is 6.07 Å². The summed E-state index contributed by atoms with van der Waals surface area (Å²) in [5, 5.41) is 17.0. The van der Waals surface area contributed by atoms with Gasteiger partial charge in [-0.1, -0.05) is 0 Å².